The number of fused-ring (bicyclic) bond motifs is 5. The minimum absolute atomic E-state index is 0.0479. The molecular weight excluding hydrogens is 657 g/mol. The number of alkyl halides is 1. The zero-order valence-electron chi connectivity index (χ0n) is 27.4. The van der Waals surface area contributed by atoms with Crippen molar-refractivity contribution in [1.29, 1.82) is 5.26 Å². The summed E-state index contributed by atoms with van der Waals surface area (Å²) in [6.45, 7) is 9.86. The first-order valence-corrected chi connectivity index (χ1v) is 17.3. The van der Waals surface area contributed by atoms with E-state index in [1.54, 1.807) is 27.0 Å². The van der Waals surface area contributed by atoms with E-state index in [4.69, 9.17) is 14.5 Å². The molecule has 8 rings (SSSR count). The Morgan fingerprint density at radius 3 is 2.63 bits per heavy atom. The predicted molar refractivity (Wildman–Crippen MR) is 178 cm³/mol. The molecule has 4 aliphatic heterocycles. The number of pyridine rings is 1. The molecule has 0 unspecified atom stereocenters. The van der Waals surface area contributed by atoms with Crippen LogP contribution < -0.4 is 10.2 Å². The van der Waals surface area contributed by atoms with Crippen LogP contribution >= 0.6 is 11.3 Å². The molecule has 49 heavy (non-hydrogen) atoms. The number of hydrogen-bond donors (Lipinski definition) is 1. The third-order valence-corrected chi connectivity index (χ3v) is 11.0. The standard InChI is InChI=1S/C34H35F3N8O3S/c1-34(2,3)48-33(46)42-31-20(9-38)26-29(39-11-24(36)30(26)49-31)25-23-16-47-15-22(23)21-10-40-32(41-28(21)27(25)37)45-5-4-18(13-45)44-7-6-43-12-17(35)8-19(43)14-44/h10-11,17-19H,4-8,12-16H2,1-3H3,(H,42,46)/t17-,18-,19-/m0/s1. The number of rotatable bonds is 4. The van der Waals surface area contributed by atoms with Gasteiger partial charge in [0.1, 0.15) is 28.4 Å². The van der Waals surface area contributed by atoms with Crippen molar-refractivity contribution in [1.82, 2.24) is 24.8 Å². The highest BCUT2D eigenvalue weighted by Gasteiger charge is 2.40. The van der Waals surface area contributed by atoms with Gasteiger partial charge in [0.25, 0.3) is 0 Å². The summed E-state index contributed by atoms with van der Waals surface area (Å²) in [5.41, 5.74) is 0.605. The summed E-state index contributed by atoms with van der Waals surface area (Å²) >= 11 is 0.857. The molecule has 0 radical (unpaired) electrons. The first-order chi connectivity index (χ1) is 23.5. The molecule has 256 valence electrons. The molecule has 3 saturated heterocycles. The fourth-order valence-corrected chi connectivity index (χ4v) is 8.75. The van der Waals surface area contributed by atoms with Crippen LogP contribution in [0.25, 0.3) is 32.2 Å². The van der Waals surface area contributed by atoms with Gasteiger partial charge in [-0.2, -0.15) is 5.26 Å². The molecule has 7 heterocycles. The summed E-state index contributed by atoms with van der Waals surface area (Å²) in [5.74, 6) is -0.982. The van der Waals surface area contributed by atoms with Crippen molar-refractivity contribution in [3.8, 4) is 17.3 Å². The molecule has 0 bridgehead atoms. The van der Waals surface area contributed by atoms with Gasteiger partial charge in [0.2, 0.25) is 5.95 Å². The van der Waals surface area contributed by atoms with Crippen LogP contribution in [-0.2, 0) is 22.7 Å². The number of nitriles is 1. The third-order valence-electron chi connectivity index (χ3n) is 9.88. The van der Waals surface area contributed by atoms with Crippen LogP contribution in [0.5, 0.6) is 0 Å². The Labute approximate surface area is 284 Å². The van der Waals surface area contributed by atoms with Crippen LogP contribution in [0.3, 0.4) is 0 Å². The maximum Gasteiger partial charge on any atom is 0.412 e. The van der Waals surface area contributed by atoms with Gasteiger partial charge in [-0.3, -0.25) is 20.1 Å². The molecule has 1 N–H and O–H groups in total. The molecule has 1 amide bonds. The largest absolute Gasteiger partial charge is 0.444 e. The van der Waals surface area contributed by atoms with E-state index < -0.39 is 29.5 Å². The highest BCUT2D eigenvalue weighted by atomic mass is 32.1. The predicted octanol–water partition coefficient (Wildman–Crippen LogP) is 5.74. The molecule has 3 fully saturated rings. The summed E-state index contributed by atoms with van der Waals surface area (Å²) < 4.78 is 57.4. The van der Waals surface area contributed by atoms with Gasteiger partial charge in [0, 0.05) is 73.9 Å². The number of amides is 1. The third kappa shape index (κ3) is 5.64. The molecule has 4 aromatic rings. The first kappa shape index (κ1) is 32.1. The molecule has 15 heteroatoms. The van der Waals surface area contributed by atoms with Gasteiger partial charge < -0.3 is 14.4 Å². The monoisotopic (exact) mass is 692 g/mol. The van der Waals surface area contributed by atoms with Gasteiger partial charge in [0.05, 0.1) is 35.4 Å². The van der Waals surface area contributed by atoms with Crippen LogP contribution in [0, 0.1) is 23.0 Å². The molecule has 11 nitrogen and oxygen atoms in total. The van der Waals surface area contributed by atoms with Crippen LogP contribution in [0.15, 0.2) is 12.4 Å². The number of thiophene rings is 1. The molecule has 0 aliphatic carbocycles. The smallest absolute Gasteiger partial charge is 0.412 e. The zero-order valence-corrected chi connectivity index (χ0v) is 28.2. The average Bonchev–Trinajstić information content (AvgIpc) is 3.86. The summed E-state index contributed by atoms with van der Waals surface area (Å²) in [6.07, 6.45) is 2.53. The molecule has 1 aromatic carbocycles. The fraction of sp³-hybridized carbons (Fsp3) is 0.500. The van der Waals surface area contributed by atoms with Crippen molar-refractivity contribution >= 4 is 49.4 Å². The number of carbonyl (C=O) groups excluding carboxylic acids is 1. The van der Waals surface area contributed by atoms with E-state index in [-0.39, 0.29) is 62.7 Å². The molecule has 4 aliphatic rings. The quantitative estimate of drug-likeness (QED) is 0.284. The maximum atomic E-state index is 17.0. The van der Waals surface area contributed by atoms with Gasteiger partial charge in [-0.15, -0.1) is 11.3 Å². The van der Waals surface area contributed by atoms with Gasteiger partial charge >= 0.3 is 6.09 Å². The lowest BCUT2D eigenvalue weighted by molar-refractivity contribution is 0.0636. The Hall–Kier alpha value is -4.10. The highest BCUT2D eigenvalue weighted by molar-refractivity contribution is 7.23. The number of aromatic nitrogens is 3. The van der Waals surface area contributed by atoms with E-state index in [1.165, 1.54) is 0 Å². The second kappa shape index (κ2) is 12.0. The summed E-state index contributed by atoms with van der Waals surface area (Å²) in [4.78, 5) is 33.1. The van der Waals surface area contributed by atoms with Gasteiger partial charge in [-0.25, -0.2) is 27.9 Å². The molecule has 0 spiro atoms. The molecule has 3 aromatic heterocycles. The fourth-order valence-electron chi connectivity index (χ4n) is 7.71. The number of carbonyl (C=O) groups is 1. The summed E-state index contributed by atoms with van der Waals surface area (Å²) in [7, 11) is 0. The summed E-state index contributed by atoms with van der Waals surface area (Å²) in [5, 5.41) is 13.5. The Kier molecular flexibility index (Phi) is 7.90. The van der Waals surface area contributed by atoms with E-state index in [0.717, 1.165) is 43.6 Å². The van der Waals surface area contributed by atoms with Crippen molar-refractivity contribution < 1.29 is 27.4 Å². The molecular formula is C34H35F3N8O3S. The number of ether oxygens (including phenoxy) is 2. The van der Waals surface area contributed by atoms with Gasteiger partial charge in [-0.1, -0.05) is 0 Å². The average molecular weight is 693 g/mol. The van der Waals surface area contributed by atoms with E-state index in [0.29, 0.717) is 48.5 Å². The Bertz CT molecular complexity index is 2050. The topological polar surface area (TPSA) is 120 Å². The van der Waals surface area contributed by atoms with Gasteiger partial charge in [0.15, 0.2) is 11.6 Å². The maximum absolute atomic E-state index is 17.0. The minimum Gasteiger partial charge on any atom is -0.444 e. The number of benzene rings is 1. The lowest BCUT2D eigenvalue weighted by Crippen LogP contribution is -2.54. The second-order valence-corrected chi connectivity index (χ2v) is 15.2. The number of halogens is 3. The van der Waals surface area contributed by atoms with E-state index in [9.17, 15) is 14.4 Å². The van der Waals surface area contributed by atoms with E-state index in [2.05, 4.69) is 36.1 Å². The van der Waals surface area contributed by atoms with Crippen LogP contribution in [-0.4, -0.2) is 94.0 Å². The van der Waals surface area contributed by atoms with Crippen molar-refractivity contribution in [2.24, 2.45) is 0 Å². The number of piperazine rings is 1. The Balaban J connectivity index is 1.16. The van der Waals surface area contributed by atoms with Crippen LogP contribution in [0.2, 0.25) is 0 Å². The highest BCUT2D eigenvalue weighted by Crippen LogP contribution is 2.46. The normalized spacial score (nSPS) is 22.9. The number of anilines is 2. The Morgan fingerprint density at radius 2 is 1.86 bits per heavy atom. The molecule has 3 atom stereocenters. The zero-order chi connectivity index (χ0) is 34.2. The van der Waals surface area contributed by atoms with Gasteiger partial charge in [-0.05, 0) is 44.7 Å². The van der Waals surface area contributed by atoms with Crippen LogP contribution in [0.4, 0.5) is 28.9 Å². The van der Waals surface area contributed by atoms with Crippen LogP contribution in [0.1, 0.15) is 50.3 Å². The lowest BCUT2D eigenvalue weighted by Gasteiger charge is -2.40. The van der Waals surface area contributed by atoms with Crippen molar-refractivity contribution in [3.63, 3.8) is 0 Å². The SMILES string of the molecule is CC(C)(C)OC(=O)Nc1sc2c(F)cnc(-c3c4c(c5cnc(N6CC[C@H](N7CCN8C[C@@H](F)C[C@H]8C7)C6)nc5c3F)COC4)c2c1C#N. The second-order valence-electron chi connectivity index (χ2n) is 14.1. The van der Waals surface area contributed by atoms with Crippen molar-refractivity contribution in [2.45, 2.75) is 70.7 Å². The first-order valence-electron chi connectivity index (χ1n) is 16.4. The van der Waals surface area contributed by atoms with E-state index >= 15 is 8.78 Å². The minimum atomic E-state index is -0.806. The summed E-state index contributed by atoms with van der Waals surface area (Å²) in [6, 6.07) is 2.57. The Morgan fingerprint density at radius 1 is 1.08 bits per heavy atom. The van der Waals surface area contributed by atoms with Crippen molar-refractivity contribution in [3.05, 3.63) is 40.7 Å². The lowest BCUT2D eigenvalue weighted by atomic mass is 9.94. The van der Waals surface area contributed by atoms with E-state index in [1.807, 2.05) is 0 Å². The number of nitrogens with one attached hydrogen (secondary N) is 1. The molecule has 0 saturated carbocycles. The van der Waals surface area contributed by atoms with Crippen molar-refractivity contribution in [2.75, 3.05) is 49.5 Å². The number of nitrogens with zero attached hydrogens (tertiary/aromatic N) is 7. The number of hydrogen-bond acceptors (Lipinski definition) is 11.